The van der Waals surface area contributed by atoms with Crippen LogP contribution in [0.25, 0.3) is 11.4 Å². The summed E-state index contributed by atoms with van der Waals surface area (Å²) in [7, 11) is 0. The van der Waals surface area contributed by atoms with Crippen LogP contribution >= 0.6 is 0 Å². The minimum absolute atomic E-state index is 0.00463. The Morgan fingerprint density at radius 1 is 0.971 bits per heavy atom. The van der Waals surface area contributed by atoms with E-state index in [1.54, 1.807) is 0 Å². The summed E-state index contributed by atoms with van der Waals surface area (Å²) in [5.74, 6) is 2.83. The first-order valence-electron chi connectivity index (χ1n) is 12.3. The summed E-state index contributed by atoms with van der Waals surface area (Å²) in [4.78, 5) is 15.3. The van der Waals surface area contributed by atoms with Gasteiger partial charge in [0.25, 0.3) is 0 Å². The summed E-state index contributed by atoms with van der Waals surface area (Å²) in [6.07, 6.45) is 1.59. The van der Waals surface area contributed by atoms with Crippen molar-refractivity contribution in [3.05, 3.63) is 83.2 Å². The number of carbonyl (C=O) groups excluding carboxylic acids is 1. The first-order chi connectivity index (χ1) is 16.9. The largest absolute Gasteiger partial charge is 0.465 e. The molecule has 1 amide bonds. The van der Waals surface area contributed by atoms with Crippen molar-refractivity contribution >= 4 is 11.7 Å². The number of furan rings is 1. The van der Waals surface area contributed by atoms with E-state index in [-0.39, 0.29) is 11.8 Å². The van der Waals surface area contributed by atoms with Crippen molar-refractivity contribution < 1.29 is 9.21 Å². The number of piperidine rings is 1. The van der Waals surface area contributed by atoms with Gasteiger partial charge in [-0.1, -0.05) is 18.2 Å². The van der Waals surface area contributed by atoms with Gasteiger partial charge in [-0.2, -0.15) is 5.10 Å². The molecule has 0 bridgehead atoms. The lowest BCUT2D eigenvalue weighted by atomic mass is 9.95. The number of para-hydroxylation sites is 1. The minimum atomic E-state index is -0.00463. The molecule has 0 saturated carbocycles. The van der Waals surface area contributed by atoms with Gasteiger partial charge in [-0.3, -0.25) is 4.79 Å². The Morgan fingerprint density at radius 3 is 2.29 bits per heavy atom. The van der Waals surface area contributed by atoms with Crippen molar-refractivity contribution in [2.75, 3.05) is 18.0 Å². The molecule has 1 fully saturated rings. The lowest BCUT2D eigenvalue weighted by Gasteiger charge is -2.34. The molecule has 1 saturated heterocycles. The van der Waals surface area contributed by atoms with E-state index in [1.165, 1.54) is 11.4 Å². The Bertz CT molecular complexity index is 1300. The Balaban J connectivity index is 1.40. The molecule has 3 aromatic heterocycles. The van der Waals surface area contributed by atoms with E-state index in [9.17, 15) is 4.79 Å². The number of nitrogens with one attached hydrogen (secondary N) is 1. The van der Waals surface area contributed by atoms with Crippen LogP contribution in [0.15, 0.2) is 59.0 Å². The summed E-state index contributed by atoms with van der Waals surface area (Å²) in [6.45, 7) is 10.3. The maximum absolute atomic E-state index is 12.9. The number of hydrogen-bond acceptors (Lipinski definition) is 4. The standard InChI is InChI=1S/C28H33N5O2/c1-19-10-11-20(2)32(19)26-22(4)30-33(24-8-6-5-7-9-24)28(26)31-16-14-23(15-17-31)27(34)29-18-25-13-12-21(3)35-25/h5-13,23H,14-18H2,1-4H3,(H,29,34). The lowest BCUT2D eigenvalue weighted by Crippen LogP contribution is -2.41. The average molecular weight is 472 g/mol. The number of aromatic nitrogens is 3. The van der Waals surface area contributed by atoms with Gasteiger partial charge in [0.2, 0.25) is 5.91 Å². The van der Waals surface area contributed by atoms with E-state index < -0.39 is 0 Å². The molecular weight excluding hydrogens is 438 g/mol. The van der Waals surface area contributed by atoms with Crippen LogP contribution in [-0.4, -0.2) is 33.3 Å². The Labute approximate surface area is 206 Å². The van der Waals surface area contributed by atoms with Gasteiger partial charge in [-0.15, -0.1) is 0 Å². The second-order valence-electron chi connectivity index (χ2n) is 9.45. The van der Waals surface area contributed by atoms with Crippen LogP contribution in [0, 0.1) is 33.6 Å². The van der Waals surface area contributed by atoms with Crippen LogP contribution in [0.1, 0.15) is 41.4 Å². The molecule has 4 aromatic rings. The summed E-state index contributed by atoms with van der Waals surface area (Å²) in [5.41, 5.74) is 5.50. The zero-order valence-electron chi connectivity index (χ0n) is 20.9. The normalized spacial score (nSPS) is 14.5. The number of anilines is 1. The predicted octanol–water partition coefficient (Wildman–Crippen LogP) is 5.02. The van der Waals surface area contributed by atoms with Crippen LogP contribution < -0.4 is 10.2 Å². The SMILES string of the molecule is Cc1ccc(CNC(=O)C2CCN(c3c(-n4c(C)ccc4C)c(C)nn3-c3ccccc3)CC2)o1. The highest BCUT2D eigenvalue weighted by Gasteiger charge is 2.30. The summed E-state index contributed by atoms with van der Waals surface area (Å²) < 4.78 is 9.94. The first-order valence-corrected chi connectivity index (χ1v) is 12.3. The number of benzene rings is 1. The third-order valence-corrected chi connectivity index (χ3v) is 6.90. The fourth-order valence-corrected chi connectivity index (χ4v) is 5.07. The number of carbonyl (C=O) groups is 1. The van der Waals surface area contributed by atoms with Crippen LogP contribution in [0.2, 0.25) is 0 Å². The van der Waals surface area contributed by atoms with Crippen LogP contribution in [0.3, 0.4) is 0 Å². The molecule has 7 nitrogen and oxygen atoms in total. The van der Waals surface area contributed by atoms with E-state index in [4.69, 9.17) is 9.52 Å². The second kappa shape index (κ2) is 9.49. The Kier molecular flexibility index (Phi) is 6.24. The molecule has 1 aliphatic heterocycles. The van der Waals surface area contributed by atoms with E-state index in [0.29, 0.717) is 6.54 Å². The van der Waals surface area contributed by atoms with E-state index >= 15 is 0 Å². The smallest absolute Gasteiger partial charge is 0.223 e. The highest BCUT2D eigenvalue weighted by atomic mass is 16.3. The molecule has 1 aliphatic rings. The molecule has 182 valence electrons. The first kappa shape index (κ1) is 23.0. The van der Waals surface area contributed by atoms with Crippen molar-refractivity contribution in [1.82, 2.24) is 19.7 Å². The number of hydrogen-bond donors (Lipinski definition) is 1. The molecule has 1 aromatic carbocycles. The van der Waals surface area contributed by atoms with Crippen molar-refractivity contribution in [3.63, 3.8) is 0 Å². The molecule has 0 aliphatic carbocycles. The third-order valence-electron chi connectivity index (χ3n) is 6.90. The lowest BCUT2D eigenvalue weighted by molar-refractivity contribution is -0.125. The summed E-state index contributed by atoms with van der Waals surface area (Å²) >= 11 is 0. The number of rotatable bonds is 6. The fraction of sp³-hybridized carbons (Fsp3) is 0.357. The number of nitrogens with zero attached hydrogens (tertiary/aromatic N) is 4. The minimum Gasteiger partial charge on any atom is -0.465 e. The molecular formula is C28H33N5O2. The third kappa shape index (κ3) is 4.50. The molecule has 1 N–H and O–H groups in total. The van der Waals surface area contributed by atoms with Gasteiger partial charge in [0.15, 0.2) is 5.82 Å². The molecule has 0 atom stereocenters. The van der Waals surface area contributed by atoms with E-state index in [2.05, 4.69) is 64.5 Å². The summed E-state index contributed by atoms with van der Waals surface area (Å²) in [5, 5.41) is 8.03. The highest BCUT2D eigenvalue weighted by molar-refractivity contribution is 5.79. The Hall–Kier alpha value is -3.74. The number of amides is 1. The maximum atomic E-state index is 12.9. The van der Waals surface area contributed by atoms with Crippen molar-refractivity contribution in [2.45, 2.75) is 47.1 Å². The van der Waals surface area contributed by atoms with Gasteiger partial charge in [0, 0.05) is 30.4 Å². The average Bonchev–Trinajstić information content (AvgIpc) is 3.54. The van der Waals surface area contributed by atoms with Crippen LogP contribution in [0.5, 0.6) is 0 Å². The molecule has 7 heteroatoms. The van der Waals surface area contributed by atoms with Gasteiger partial charge in [-0.05, 0) is 76.9 Å². The molecule has 0 radical (unpaired) electrons. The highest BCUT2D eigenvalue weighted by Crippen LogP contribution is 2.35. The molecule has 4 heterocycles. The van der Waals surface area contributed by atoms with Crippen molar-refractivity contribution in [3.8, 4) is 11.4 Å². The van der Waals surface area contributed by atoms with E-state index in [0.717, 1.165) is 60.3 Å². The van der Waals surface area contributed by atoms with Crippen LogP contribution in [-0.2, 0) is 11.3 Å². The van der Waals surface area contributed by atoms with E-state index in [1.807, 2.05) is 37.3 Å². The van der Waals surface area contributed by atoms with Gasteiger partial charge in [0.1, 0.15) is 17.2 Å². The van der Waals surface area contributed by atoms with Gasteiger partial charge in [-0.25, -0.2) is 4.68 Å². The quantitative estimate of drug-likeness (QED) is 0.429. The van der Waals surface area contributed by atoms with Crippen LogP contribution in [0.4, 0.5) is 5.82 Å². The molecule has 0 spiro atoms. The predicted molar refractivity (Wildman–Crippen MR) is 137 cm³/mol. The second-order valence-corrected chi connectivity index (χ2v) is 9.45. The maximum Gasteiger partial charge on any atom is 0.223 e. The zero-order chi connectivity index (χ0) is 24.5. The molecule has 5 rings (SSSR count). The zero-order valence-corrected chi connectivity index (χ0v) is 20.9. The Morgan fingerprint density at radius 2 is 1.66 bits per heavy atom. The number of aryl methyl sites for hydroxylation is 4. The van der Waals surface area contributed by atoms with Gasteiger partial charge in [0.05, 0.1) is 17.9 Å². The summed E-state index contributed by atoms with van der Waals surface area (Å²) in [6, 6.07) is 18.4. The van der Waals surface area contributed by atoms with Crippen molar-refractivity contribution in [1.29, 1.82) is 0 Å². The van der Waals surface area contributed by atoms with Crippen molar-refractivity contribution in [2.24, 2.45) is 5.92 Å². The fourth-order valence-electron chi connectivity index (χ4n) is 5.07. The topological polar surface area (TPSA) is 68.2 Å². The monoisotopic (exact) mass is 471 g/mol. The van der Waals surface area contributed by atoms with Gasteiger partial charge < -0.3 is 19.2 Å². The molecule has 35 heavy (non-hydrogen) atoms. The molecule has 0 unspecified atom stereocenters. The van der Waals surface area contributed by atoms with Gasteiger partial charge >= 0.3 is 0 Å².